The number of benzene rings is 3. The van der Waals surface area contributed by atoms with Crippen LogP contribution in [0, 0.1) is 10.1 Å². The van der Waals surface area contributed by atoms with E-state index in [4.69, 9.17) is 16.0 Å². The molecule has 10 heteroatoms. The van der Waals surface area contributed by atoms with E-state index in [1.54, 1.807) is 0 Å². The van der Waals surface area contributed by atoms with Crippen LogP contribution in [0.2, 0.25) is 10.1 Å². The molecule has 180 valence electrons. The fourth-order valence-electron chi connectivity index (χ4n) is 4.03. The van der Waals surface area contributed by atoms with Crippen LogP contribution in [0.4, 0.5) is 5.69 Å². The Hall–Kier alpha value is -2.56. The van der Waals surface area contributed by atoms with Crippen molar-refractivity contribution in [3.63, 3.8) is 0 Å². The molecule has 0 saturated heterocycles. The number of nitrogens with one attached hydrogen (secondary N) is 1. The summed E-state index contributed by atoms with van der Waals surface area (Å²) in [5, 5.41) is 12.9. The minimum atomic E-state index is -4.08. The molecule has 3 aromatic rings. The molecule has 0 atom stereocenters. The number of nitro groups is 1. The quantitative estimate of drug-likeness (QED) is 0.199. The van der Waals surface area contributed by atoms with Gasteiger partial charge in [0.15, 0.2) is 0 Å². The average molecular weight is 519 g/mol. The lowest BCUT2D eigenvalue weighted by molar-refractivity contribution is -0.385. The van der Waals surface area contributed by atoms with Gasteiger partial charge in [-0.3, -0.25) is 10.1 Å². The van der Waals surface area contributed by atoms with Gasteiger partial charge in [-0.15, -0.1) is 0 Å². The van der Waals surface area contributed by atoms with E-state index in [9.17, 15) is 18.5 Å². The van der Waals surface area contributed by atoms with Gasteiger partial charge in [-0.05, 0) is 21.5 Å². The minimum Gasteiger partial charge on any atom is -0.406 e. The van der Waals surface area contributed by atoms with Gasteiger partial charge in [-0.2, -0.15) is 0 Å². The average Bonchev–Trinajstić information content (AvgIpc) is 2.79. The lowest BCUT2D eigenvalue weighted by atomic mass is 10.2. The van der Waals surface area contributed by atoms with Crippen molar-refractivity contribution in [2.45, 2.75) is 30.7 Å². The van der Waals surface area contributed by atoms with Gasteiger partial charge in [-0.25, -0.2) is 13.1 Å². The summed E-state index contributed by atoms with van der Waals surface area (Å²) in [5.74, 6) is 0. The first-order valence-corrected chi connectivity index (χ1v) is 14.4. The molecule has 0 aliphatic carbocycles. The van der Waals surface area contributed by atoms with Crippen molar-refractivity contribution in [3.8, 4) is 0 Å². The highest BCUT2D eigenvalue weighted by Crippen LogP contribution is 2.36. The predicted molar refractivity (Wildman–Crippen MR) is 137 cm³/mol. The molecule has 0 aromatic heterocycles. The maximum Gasteiger partial charge on any atom is 0.270 e. The lowest BCUT2D eigenvalue weighted by Crippen LogP contribution is -2.67. The summed E-state index contributed by atoms with van der Waals surface area (Å²) in [6.45, 7) is 6.48. The molecular formula is C24H27ClN2O5SSi. The molecule has 34 heavy (non-hydrogen) atoms. The van der Waals surface area contributed by atoms with Crippen molar-refractivity contribution in [1.29, 1.82) is 0 Å². The molecule has 3 rings (SSSR count). The van der Waals surface area contributed by atoms with Crippen molar-refractivity contribution in [2.75, 3.05) is 13.2 Å². The van der Waals surface area contributed by atoms with Crippen LogP contribution in [-0.4, -0.2) is 34.8 Å². The topological polar surface area (TPSA) is 98.5 Å². The second-order valence-corrected chi connectivity index (χ2v) is 15.2. The molecule has 0 spiro atoms. The molecule has 0 radical (unpaired) electrons. The van der Waals surface area contributed by atoms with Crippen molar-refractivity contribution in [1.82, 2.24) is 4.72 Å². The SMILES string of the molecule is CC(C)(C)[Si](OCCNS(=O)(=O)c1cc([N+](=O)[O-])ccc1Cl)(c1ccccc1)c1ccccc1. The third-order valence-corrected chi connectivity index (χ3v) is 12.5. The maximum absolute atomic E-state index is 12.8. The highest BCUT2D eigenvalue weighted by Gasteiger charge is 2.50. The largest absolute Gasteiger partial charge is 0.406 e. The second kappa shape index (κ2) is 10.4. The van der Waals surface area contributed by atoms with Crippen LogP contribution in [0.1, 0.15) is 20.8 Å². The molecule has 0 saturated carbocycles. The molecule has 0 unspecified atom stereocenters. The summed E-state index contributed by atoms with van der Waals surface area (Å²) in [5.41, 5.74) is -0.353. The second-order valence-electron chi connectivity index (χ2n) is 8.78. The van der Waals surface area contributed by atoms with Crippen molar-refractivity contribution in [3.05, 3.63) is 94.0 Å². The van der Waals surface area contributed by atoms with Crippen molar-refractivity contribution >= 4 is 46.0 Å². The van der Waals surface area contributed by atoms with Crippen LogP contribution < -0.4 is 15.1 Å². The molecule has 0 aliphatic rings. The smallest absolute Gasteiger partial charge is 0.270 e. The number of non-ortho nitro benzene ring substituents is 1. The van der Waals surface area contributed by atoms with E-state index in [2.05, 4.69) is 49.8 Å². The van der Waals surface area contributed by atoms with Crippen LogP contribution in [0.5, 0.6) is 0 Å². The first-order valence-electron chi connectivity index (χ1n) is 10.7. The third-order valence-electron chi connectivity index (χ3n) is 5.54. The number of hydrogen-bond donors (Lipinski definition) is 1. The summed E-state index contributed by atoms with van der Waals surface area (Å²) in [4.78, 5) is 10.1. The van der Waals surface area contributed by atoms with Crippen LogP contribution >= 0.6 is 11.6 Å². The zero-order valence-corrected chi connectivity index (χ0v) is 21.8. The van der Waals surface area contributed by atoms with Gasteiger partial charge in [0, 0.05) is 25.3 Å². The van der Waals surface area contributed by atoms with E-state index < -0.39 is 23.3 Å². The number of nitro benzene ring substituents is 1. The minimum absolute atomic E-state index is 0.0220. The van der Waals surface area contributed by atoms with Gasteiger partial charge in [0.1, 0.15) is 4.90 Å². The van der Waals surface area contributed by atoms with E-state index in [0.717, 1.165) is 22.5 Å². The van der Waals surface area contributed by atoms with E-state index in [1.807, 2.05) is 36.4 Å². The van der Waals surface area contributed by atoms with Gasteiger partial charge < -0.3 is 4.43 Å². The van der Waals surface area contributed by atoms with Gasteiger partial charge in [0.05, 0.1) is 9.95 Å². The van der Waals surface area contributed by atoms with E-state index in [0.29, 0.717) is 0 Å². The van der Waals surface area contributed by atoms with Crippen LogP contribution in [0.3, 0.4) is 0 Å². The monoisotopic (exact) mass is 518 g/mol. The Balaban J connectivity index is 1.88. The molecule has 0 aliphatic heterocycles. The zero-order valence-electron chi connectivity index (χ0n) is 19.2. The standard InChI is InChI=1S/C24H27ClN2O5SSi/c1-24(2,3)34(20-10-6-4-7-11-20,21-12-8-5-9-13-21)32-17-16-26-33(30,31)23-18-19(27(28)29)14-15-22(23)25/h4-15,18,26H,16-17H2,1-3H3. The fraction of sp³-hybridized carbons (Fsp3) is 0.250. The highest BCUT2D eigenvalue weighted by atomic mass is 35.5. The Kier molecular flexibility index (Phi) is 7.94. The summed E-state index contributed by atoms with van der Waals surface area (Å²) in [7, 11) is -6.89. The Morgan fingerprint density at radius 3 is 1.97 bits per heavy atom. The molecule has 0 bridgehead atoms. The van der Waals surface area contributed by atoms with E-state index >= 15 is 0 Å². The summed E-state index contributed by atoms with van der Waals surface area (Å²) in [6, 6.07) is 23.3. The van der Waals surface area contributed by atoms with Gasteiger partial charge in [0.2, 0.25) is 10.0 Å². The fourth-order valence-corrected chi connectivity index (χ4v) is 10.1. The van der Waals surface area contributed by atoms with Crippen LogP contribution in [-0.2, 0) is 14.4 Å². The number of halogens is 1. The molecule has 0 heterocycles. The molecule has 0 amide bonds. The van der Waals surface area contributed by atoms with Gasteiger partial charge in [0.25, 0.3) is 14.0 Å². The third kappa shape index (κ3) is 5.39. The summed E-state index contributed by atoms with van der Waals surface area (Å²) >= 11 is 6.02. The maximum atomic E-state index is 12.8. The molecule has 7 nitrogen and oxygen atoms in total. The molecule has 1 N–H and O–H groups in total. The van der Waals surface area contributed by atoms with Gasteiger partial charge in [-0.1, -0.05) is 93.0 Å². The Morgan fingerprint density at radius 2 is 1.50 bits per heavy atom. The highest BCUT2D eigenvalue weighted by molar-refractivity contribution is 7.89. The number of hydrogen-bond acceptors (Lipinski definition) is 5. The molecular weight excluding hydrogens is 492 g/mol. The van der Waals surface area contributed by atoms with Gasteiger partial charge >= 0.3 is 0 Å². The molecule has 3 aromatic carbocycles. The van der Waals surface area contributed by atoms with Crippen molar-refractivity contribution < 1.29 is 17.8 Å². The first-order chi connectivity index (χ1) is 16.0. The number of nitrogens with zero attached hydrogens (tertiary/aromatic N) is 1. The summed E-state index contributed by atoms with van der Waals surface area (Å²) < 4.78 is 34.8. The predicted octanol–water partition coefficient (Wildman–Crippen LogP) is 4.10. The normalized spacial score (nSPS) is 12.5. The molecule has 0 fully saturated rings. The zero-order chi connectivity index (χ0) is 25.0. The van der Waals surface area contributed by atoms with E-state index in [-0.39, 0.29) is 33.8 Å². The summed E-state index contributed by atoms with van der Waals surface area (Å²) in [6.07, 6.45) is 0. The Bertz CT molecular complexity index is 1210. The Morgan fingerprint density at radius 1 is 0.971 bits per heavy atom. The number of rotatable bonds is 9. The van der Waals surface area contributed by atoms with Crippen LogP contribution in [0.15, 0.2) is 83.8 Å². The first kappa shape index (κ1) is 26.0. The Labute approximate surface area is 206 Å². The van der Waals surface area contributed by atoms with Crippen LogP contribution in [0.25, 0.3) is 0 Å². The van der Waals surface area contributed by atoms with E-state index in [1.165, 1.54) is 6.07 Å². The van der Waals surface area contributed by atoms with Crippen molar-refractivity contribution in [2.24, 2.45) is 0 Å². The lowest BCUT2D eigenvalue weighted by Gasteiger charge is -2.43. The number of sulfonamides is 1.